The number of para-hydroxylation sites is 1. The Balaban J connectivity index is 2.07. The minimum absolute atomic E-state index is 0.00361. The van der Waals surface area contributed by atoms with Gasteiger partial charge in [-0.2, -0.15) is 0 Å². The predicted molar refractivity (Wildman–Crippen MR) is 76.0 cm³/mol. The van der Waals surface area contributed by atoms with Crippen molar-refractivity contribution < 1.29 is 9.15 Å². The third-order valence-corrected chi connectivity index (χ3v) is 4.26. The predicted octanol–water partition coefficient (Wildman–Crippen LogP) is 3.42. The highest BCUT2D eigenvalue weighted by atomic mass is 16.5. The lowest BCUT2D eigenvalue weighted by Crippen LogP contribution is -2.27. The molecule has 2 N–H and O–H groups in total. The Morgan fingerprint density at radius 2 is 2.16 bits per heavy atom. The topological polar surface area (TPSA) is 48.4 Å². The zero-order chi connectivity index (χ0) is 13.4. The molecular formula is C16H21NO2. The molecule has 3 heteroatoms. The fourth-order valence-electron chi connectivity index (χ4n) is 3.18. The van der Waals surface area contributed by atoms with Crippen molar-refractivity contribution in [1.29, 1.82) is 0 Å². The van der Waals surface area contributed by atoms with Crippen molar-refractivity contribution in [2.24, 2.45) is 11.7 Å². The van der Waals surface area contributed by atoms with Gasteiger partial charge >= 0.3 is 0 Å². The van der Waals surface area contributed by atoms with Crippen LogP contribution in [0, 0.1) is 5.92 Å². The first-order valence-electron chi connectivity index (χ1n) is 7.09. The van der Waals surface area contributed by atoms with Gasteiger partial charge in [-0.25, -0.2) is 0 Å². The van der Waals surface area contributed by atoms with Crippen LogP contribution in [0.15, 0.2) is 28.7 Å². The van der Waals surface area contributed by atoms with E-state index in [9.17, 15) is 0 Å². The molecule has 3 atom stereocenters. The van der Waals surface area contributed by atoms with E-state index in [2.05, 4.69) is 19.9 Å². The minimum atomic E-state index is -0.00361. The largest absolute Gasteiger partial charge is 0.461 e. The van der Waals surface area contributed by atoms with Crippen LogP contribution in [0.3, 0.4) is 0 Å². The number of aryl methyl sites for hydroxylation is 1. The maximum absolute atomic E-state index is 6.54. The van der Waals surface area contributed by atoms with Gasteiger partial charge in [-0.3, -0.25) is 0 Å². The molecule has 1 aromatic carbocycles. The molecule has 0 amide bonds. The highest BCUT2D eigenvalue weighted by Gasteiger charge is 2.33. The standard InChI is InChI=1S/C16H21NO2/c1-3-13-15(12-6-4-5-7-14(12)19-13)16(17)11-8-9-18-10(11)2/h4-7,10-11,16H,3,8-9,17H2,1-2H3. The zero-order valence-corrected chi connectivity index (χ0v) is 11.6. The third-order valence-electron chi connectivity index (χ3n) is 4.26. The molecule has 1 saturated heterocycles. The minimum Gasteiger partial charge on any atom is -0.461 e. The lowest BCUT2D eigenvalue weighted by molar-refractivity contribution is 0.0994. The van der Waals surface area contributed by atoms with Gasteiger partial charge in [0.25, 0.3) is 0 Å². The molecule has 1 aliphatic heterocycles. The SMILES string of the molecule is CCc1oc2ccccc2c1C(N)C1CCOC1C. The first kappa shape index (κ1) is 12.7. The van der Waals surface area contributed by atoms with Crippen molar-refractivity contribution in [3.63, 3.8) is 0 Å². The molecule has 0 saturated carbocycles. The number of rotatable bonds is 3. The maximum atomic E-state index is 6.54. The zero-order valence-electron chi connectivity index (χ0n) is 11.6. The fourth-order valence-corrected chi connectivity index (χ4v) is 3.18. The first-order valence-corrected chi connectivity index (χ1v) is 7.09. The van der Waals surface area contributed by atoms with E-state index in [0.29, 0.717) is 5.92 Å². The van der Waals surface area contributed by atoms with Crippen molar-refractivity contribution >= 4 is 11.0 Å². The van der Waals surface area contributed by atoms with Gasteiger partial charge in [0, 0.05) is 35.9 Å². The Labute approximate surface area is 113 Å². The van der Waals surface area contributed by atoms with Gasteiger partial charge in [0.05, 0.1) is 6.10 Å². The molecule has 1 aromatic heterocycles. The van der Waals surface area contributed by atoms with Crippen LogP contribution in [0.25, 0.3) is 11.0 Å². The molecular weight excluding hydrogens is 238 g/mol. The van der Waals surface area contributed by atoms with Crippen molar-refractivity contribution in [2.45, 2.75) is 38.8 Å². The second-order valence-corrected chi connectivity index (χ2v) is 5.34. The summed E-state index contributed by atoms with van der Waals surface area (Å²) in [7, 11) is 0. The number of benzene rings is 1. The Bertz CT molecular complexity index is 575. The molecule has 0 radical (unpaired) electrons. The van der Waals surface area contributed by atoms with Crippen molar-refractivity contribution in [3.05, 3.63) is 35.6 Å². The Hall–Kier alpha value is -1.32. The van der Waals surface area contributed by atoms with E-state index in [0.717, 1.165) is 36.2 Å². The van der Waals surface area contributed by atoms with Gasteiger partial charge in [0.2, 0.25) is 0 Å². The average Bonchev–Trinajstić information content (AvgIpc) is 3.01. The van der Waals surface area contributed by atoms with Gasteiger partial charge in [-0.1, -0.05) is 25.1 Å². The number of hydrogen-bond acceptors (Lipinski definition) is 3. The van der Waals surface area contributed by atoms with E-state index in [-0.39, 0.29) is 12.1 Å². The van der Waals surface area contributed by atoms with Crippen LogP contribution in [0.4, 0.5) is 0 Å². The first-order chi connectivity index (χ1) is 9.22. The van der Waals surface area contributed by atoms with Crippen LogP contribution in [-0.2, 0) is 11.2 Å². The van der Waals surface area contributed by atoms with E-state index < -0.39 is 0 Å². The van der Waals surface area contributed by atoms with Crippen LogP contribution in [-0.4, -0.2) is 12.7 Å². The highest BCUT2D eigenvalue weighted by Crippen LogP contribution is 2.38. The Morgan fingerprint density at radius 1 is 1.37 bits per heavy atom. The molecule has 0 bridgehead atoms. The fraction of sp³-hybridized carbons (Fsp3) is 0.500. The van der Waals surface area contributed by atoms with Crippen LogP contribution in [0.1, 0.15) is 37.6 Å². The van der Waals surface area contributed by atoms with E-state index in [1.165, 1.54) is 5.56 Å². The molecule has 102 valence electrons. The number of ether oxygens (including phenoxy) is 1. The summed E-state index contributed by atoms with van der Waals surface area (Å²) in [5.74, 6) is 1.40. The lowest BCUT2D eigenvalue weighted by Gasteiger charge is -2.22. The number of fused-ring (bicyclic) bond motifs is 1. The van der Waals surface area contributed by atoms with Crippen molar-refractivity contribution in [3.8, 4) is 0 Å². The van der Waals surface area contributed by atoms with Crippen molar-refractivity contribution in [2.75, 3.05) is 6.61 Å². The average molecular weight is 259 g/mol. The van der Waals surface area contributed by atoms with Crippen molar-refractivity contribution in [1.82, 2.24) is 0 Å². The summed E-state index contributed by atoms with van der Waals surface area (Å²) < 4.78 is 11.6. The maximum Gasteiger partial charge on any atom is 0.134 e. The van der Waals surface area contributed by atoms with Gasteiger partial charge in [0.15, 0.2) is 0 Å². The molecule has 0 aliphatic carbocycles. The monoisotopic (exact) mass is 259 g/mol. The van der Waals surface area contributed by atoms with Crippen LogP contribution < -0.4 is 5.73 Å². The quantitative estimate of drug-likeness (QED) is 0.918. The smallest absolute Gasteiger partial charge is 0.134 e. The lowest BCUT2D eigenvalue weighted by atomic mass is 9.87. The Kier molecular flexibility index (Phi) is 3.33. The van der Waals surface area contributed by atoms with E-state index in [1.807, 2.05) is 18.2 Å². The Morgan fingerprint density at radius 3 is 2.84 bits per heavy atom. The number of furan rings is 1. The van der Waals surface area contributed by atoms with E-state index in [4.69, 9.17) is 14.9 Å². The molecule has 2 heterocycles. The normalized spacial score (nSPS) is 25.0. The van der Waals surface area contributed by atoms with Crippen LogP contribution in [0.5, 0.6) is 0 Å². The second-order valence-electron chi connectivity index (χ2n) is 5.34. The third kappa shape index (κ3) is 2.07. The number of hydrogen-bond donors (Lipinski definition) is 1. The van der Waals surface area contributed by atoms with Gasteiger partial charge in [-0.15, -0.1) is 0 Å². The summed E-state index contributed by atoms with van der Waals surface area (Å²) in [6.45, 7) is 5.05. The summed E-state index contributed by atoms with van der Waals surface area (Å²) in [4.78, 5) is 0. The molecule has 0 spiro atoms. The molecule has 19 heavy (non-hydrogen) atoms. The summed E-state index contributed by atoms with van der Waals surface area (Å²) >= 11 is 0. The van der Waals surface area contributed by atoms with E-state index >= 15 is 0 Å². The molecule has 1 fully saturated rings. The number of nitrogens with two attached hydrogens (primary N) is 1. The van der Waals surface area contributed by atoms with Crippen LogP contribution in [0.2, 0.25) is 0 Å². The van der Waals surface area contributed by atoms with Gasteiger partial charge < -0.3 is 14.9 Å². The van der Waals surface area contributed by atoms with Crippen LogP contribution >= 0.6 is 0 Å². The molecule has 1 aliphatic rings. The molecule has 3 nitrogen and oxygen atoms in total. The molecule has 3 rings (SSSR count). The summed E-state index contributed by atoms with van der Waals surface area (Å²) in [6.07, 6.45) is 2.14. The second kappa shape index (κ2) is 4.99. The molecule has 2 aromatic rings. The highest BCUT2D eigenvalue weighted by molar-refractivity contribution is 5.82. The summed E-state index contributed by atoms with van der Waals surface area (Å²) in [5.41, 5.74) is 8.66. The summed E-state index contributed by atoms with van der Waals surface area (Å²) in [6, 6.07) is 8.16. The van der Waals surface area contributed by atoms with Gasteiger partial charge in [0.1, 0.15) is 11.3 Å². The molecule has 3 unspecified atom stereocenters. The van der Waals surface area contributed by atoms with Gasteiger partial charge in [-0.05, 0) is 19.4 Å². The summed E-state index contributed by atoms with van der Waals surface area (Å²) in [5, 5.41) is 1.16. The van der Waals surface area contributed by atoms with E-state index in [1.54, 1.807) is 0 Å².